The molecule has 9 aromatic rings. The van der Waals surface area contributed by atoms with Crippen molar-refractivity contribution in [3.63, 3.8) is 0 Å². The zero-order valence-electron chi connectivity index (χ0n) is 40.0. The maximum Gasteiger partial charge on any atom is 0.148 e. The number of phenols is 1. The van der Waals surface area contributed by atoms with Gasteiger partial charge in [0.25, 0.3) is 0 Å². The van der Waals surface area contributed by atoms with Crippen molar-refractivity contribution < 1.29 is 34.4 Å². The molecule has 0 spiro atoms. The van der Waals surface area contributed by atoms with E-state index < -0.39 is 24.0 Å². The number of nitrogens with zero attached hydrogens (tertiary/aromatic N) is 3. The van der Waals surface area contributed by atoms with Gasteiger partial charge in [0, 0.05) is 39.9 Å². The minimum Gasteiger partial charge on any atom is -0.507 e. The van der Waals surface area contributed by atoms with Gasteiger partial charge in [0.2, 0.25) is 0 Å². The number of phenolic OH excluding ortho intramolecular Hbond substituents is 1. The van der Waals surface area contributed by atoms with Gasteiger partial charge in [-0.15, -0.1) is 29.3 Å². The monoisotopic (exact) mass is 965 g/mol. The molecule has 60 heavy (non-hydrogen) atoms. The van der Waals surface area contributed by atoms with Crippen molar-refractivity contribution in [2.24, 2.45) is 0 Å². The maximum atomic E-state index is 11.5. The van der Waals surface area contributed by atoms with Crippen LogP contribution in [0.5, 0.6) is 5.75 Å². The van der Waals surface area contributed by atoms with E-state index in [4.69, 9.17) is 16.8 Å². The van der Waals surface area contributed by atoms with Crippen molar-refractivity contribution in [3.8, 4) is 78.6 Å². The largest absolute Gasteiger partial charge is 0.507 e. The second-order valence-electron chi connectivity index (χ2n) is 16.0. The zero-order chi connectivity index (χ0) is 45.9. The molecule has 0 saturated heterocycles. The van der Waals surface area contributed by atoms with Crippen LogP contribution in [0.1, 0.15) is 59.9 Å². The number of imidazole rings is 1. The van der Waals surface area contributed by atoms with Gasteiger partial charge in [0.1, 0.15) is 11.6 Å². The molecule has 0 aliphatic carbocycles. The summed E-state index contributed by atoms with van der Waals surface area (Å²) >= 11 is 0. The van der Waals surface area contributed by atoms with Crippen LogP contribution in [0.2, 0.25) is 0 Å². The molecule has 4 nitrogen and oxygen atoms in total. The molecule has 9 rings (SSSR count). The Bertz CT molecular complexity index is 3270. The van der Waals surface area contributed by atoms with Gasteiger partial charge in [-0.2, -0.15) is 0 Å². The summed E-state index contributed by atoms with van der Waals surface area (Å²) in [5, 5.41) is 11.5. The van der Waals surface area contributed by atoms with E-state index in [2.05, 4.69) is 73.9 Å². The maximum absolute atomic E-state index is 11.5. The Kier molecular flexibility index (Phi) is 9.33. The molecular weight excluding hydrogens is 914 g/mol. The van der Waals surface area contributed by atoms with Gasteiger partial charge >= 0.3 is 0 Å². The zero-order valence-corrected chi connectivity index (χ0v) is 36.2. The summed E-state index contributed by atoms with van der Waals surface area (Å²) in [5.41, 5.74) is 11.4. The van der Waals surface area contributed by atoms with Crippen molar-refractivity contribution in [2.45, 2.75) is 45.9 Å². The second-order valence-corrected chi connectivity index (χ2v) is 16.0. The Labute approximate surface area is 376 Å². The number of benzene rings is 7. The molecule has 0 aliphatic heterocycles. The van der Waals surface area contributed by atoms with E-state index in [-0.39, 0.29) is 49.9 Å². The Morgan fingerprint density at radius 2 is 1.30 bits per heavy atom. The summed E-state index contributed by atoms with van der Waals surface area (Å²) in [5.74, 6) is -0.348. The molecule has 0 atom stereocenters. The summed E-state index contributed by atoms with van der Waals surface area (Å²) in [4.78, 5) is 10.2. The molecule has 0 bridgehead atoms. The van der Waals surface area contributed by atoms with Crippen molar-refractivity contribution in [1.29, 1.82) is 0 Å². The number of para-hydroxylation sites is 2. The molecule has 298 valence electrons. The van der Waals surface area contributed by atoms with Crippen LogP contribution in [0.3, 0.4) is 0 Å². The normalized spacial score (nSPS) is 13.1. The SMILES string of the molecule is [2H]c1c([2H])c([2H])c(-c2ccnc(-c3[c-]c(-c4cccc5c4nc(-c4ccccc4O)n5-c4cc(-c5ccccc5)c(C([2H])(C)C)cc4-c4ccccc4)cc(C(C)(C)C)c3)c2)c([2H])c1[2H].[Pt]. The Balaban J connectivity index is 0.00000592. The van der Waals surface area contributed by atoms with Crippen LogP contribution in [0.4, 0.5) is 0 Å². The summed E-state index contributed by atoms with van der Waals surface area (Å²) < 4.78 is 53.6. The first-order chi connectivity index (χ1) is 31.0. The first kappa shape index (κ1) is 33.5. The molecule has 5 heteroatoms. The minimum atomic E-state index is -0.952. The molecule has 1 N–H and O–H groups in total. The molecule has 0 fully saturated rings. The second kappa shape index (κ2) is 16.7. The van der Waals surface area contributed by atoms with Gasteiger partial charge < -0.3 is 5.11 Å². The minimum absolute atomic E-state index is 0. The molecule has 0 radical (unpaired) electrons. The number of aromatic nitrogens is 3. The number of hydrogen-bond acceptors (Lipinski definition) is 3. The van der Waals surface area contributed by atoms with E-state index in [1.54, 1.807) is 30.5 Å². The van der Waals surface area contributed by atoms with E-state index >= 15 is 0 Å². The van der Waals surface area contributed by atoms with E-state index in [1.165, 1.54) is 0 Å². The number of aromatic hydroxyl groups is 1. The molecule has 7 aromatic carbocycles. The predicted octanol–water partition coefficient (Wildman–Crippen LogP) is 14.3. The van der Waals surface area contributed by atoms with Crippen LogP contribution in [0.25, 0.3) is 83.9 Å². The smallest absolute Gasteiger partial charge is 0.148 e. The first-order valence-electron chi connectivity index (χ1n) is 22.7. The van der Waals surface area contributed by atoms with E-state index in [0.29, 0.717) is 33.7 Å². The Morgan fingerprint density at radius 3 is 1.98 bits per heavy atom. The Morgan fingerprint density at radius 1 is 0.650 bits per heavy atom. The van der Waals surface area contributed by atoms with Crippen molar-refractivity contribution in [1.82, 2.24) is 14.5 Å². The molecular formula is C55H46N3OPt-. The first-order valence-corrected chi connectivity index (χ1v) is 19.7. The van der Waals surface area contributed by atoms with Gasteiger partial charge in [0.15, 0.2) is 0 Å². The fourth-order valence-electron chi connectivity index (χ4n) is 7.71. The van der Waals surface area contributed by atoms with Crippen molar-refractivity contribution >= 4 is 11.0 Å². The topological polar surface area (TPSA) is 50.9 Å². The quantitative estimate of drug-likeness (QED) is 0.154. The van der Waals surface area contributed by atoms with Gasteiger partial charge in [-0.1, -0.05) is 167 Å². The van der Waals surface area contributed by atoms with Gasteiger partial charge in [-0.25, -0.2) is 4.98 Å². The fourth-order valence-corrected chi connectivity index (χ4v) is 7.71. The number of pyridine rings is 1. The van der Waals surface area contributed by atoms with Gasteiger partial charge in [-0.3, -0.25) is 9.55 Å². The summed E-state index contributed by atoms with van der Waals surface area (Å²) in [6.07, 6.45) is 1.59. The molecule has 0 aliphatic rings. The number of rotatable bonds is 8. The summed E-state index contributed by atoms with van der Waals surface area (Å²) in [6.45, 7) is 10.2. The van der Waals surface area contributed by atoms with Crippen LogP contribution in [-0.4, -0.2) is 19.6 Å². The van der Waals surface area contributed by atoms with E-state index in [9.17, 15) is 6.48 Å². The van der Waals surface area contributed by atoms with Gasteiger partial charge in [0.05, 0.1) is 29.1 Å². The number of fused-ring (bicyclic) bond motifs is 1. The molecule has 0 saturated carbocycles. The Hall–Kier alpha value is -6.35. The van der Waals surface area contributed by atoms with Crippen LogP contribution < -0.4 is 0 Å². The molecule has 2 heterocycles. The van der Waals surface area contributed by atoms with Crippen LogP contribution in [0, 0.1) is 6.07 Å². The average molecular weight is 966 g/mol. The van der Waals surface area contributed by atoms with Crippen LogP contribution in [-0.2, 0) is 26.5 Å². The van der Waals surface area contributed by atoms with E-state index in [0.717, 1.165) is 55.7 Å². The third-order valence-corrected chi connectivity index (χ3v) is 10.8. The third kappa shape index (κ3) is 7.76. The summed E-state index contributed by atoms with van der Waals surface area (Å²) in [6, 6.07) is 47.2. The molecule has 0 unspecified atom stereocenters. The number of hydrogen-bond donors (Lipinski definition) is 1. The van der Waals surface area contributed by atoms with Crippen molar-refractivity contribution in [3.05, 3.63) is 193 Å². The van der Waals surface area contributed by atoms with E-state index in [1.807, 2.05) is 86.6 Å². The van der Waals surface area contributed by atoms with Crippen LogP contribution in [0.15, 0.2) is 176 Å². The fraction of sp³-hybridized carbons (Fsp3) is 0.127. The van der Waals surface area contributed by atoms with Gasteiger partial charge in [-0.05, 0) is 81.1 Å². The predicted molar refractivity (Wildman–Crippen MR) is 245 cm³/mol. The summed E-state index contributed by atoms with van der Waals surface area (Å²) in [7, 11) is 0. The average Bonchev–Trinajstić information content (AvgIpc) is 3.69. The molecule has 2 aromatic heterocycles. The third-order valence-electron chi connectivity index (χ3n) is 10.8. The standard InChI is InChI=1S/C55H46N3O.Pt/c1-36(2)46-34-48(39-22-13-8-14-23-39)51(35-47(46)38-20-11-7-12-21-38)58-50-26-17-25-44(53(50)57-54(58)45-24-15-16-27-52(45)59)41-30-42(32-43(31-41)55(3,4)5)49-33-40(28-29-56-49)37-18-9-6-10-19-37;/h6-29,31-36,59H,1-5H3;/q-1;/i6D,9D,10D,18D,19D,36D;. The molecule has 0 amide bonds. The van der Waals surface area contributed by atoms with Crippen molar-refractivity contribution in [2.75, 3.05) is 0 Å². The van der Waals surface area contributed by atoms with Crippen LogP contribution >= 0.6 is 0 Å².